The fourth-order valence-corrected chi connectivity index (χ4v) is 6.58. The van der Waals surface area contributed by atoms with Crippen molar-refractivity contribution >= 4 is 21.9 Å². The Morgan fingerprint density at radius 2 is 1.80 bits per heavy atom. The van der Waals surface area contributed by atoms with Crippen molar-refractivity contribution in [3.63, 3.8) is 0 Å². The van der Waals surface area contributed by atoms with E-state index in [1.807, 2.05) is 13.8 Å². The van der Waals surface area contributed by atoms with Gasteiger partial charge in [0.05, 0.1) is 38.8 Å². The van der Waals surface area contributed by atoms with Crippen LogP contribution >= 0.6 is 0 Å². The Hall–Kier alpha value is -3.56. The SMILES string of the molecule is COc1cccc(OC)c1-n1c(NS(=O)(=O)C2CC(OC(C)C)CN(c3ncc(F)cn3)C2)nnc1[C@@H]1CCCO1. The van der Waals surface area contributed by atoms with E-state index in [-0.39, 0.29) is 37.1 Å². The molecule has 0 saturated carbocycles. The van der Waals surface area contributed by atoms with E-state index < -0.39 is 27.2 Å². The largest absolute Gasteiger partial charge is 0.494 e. The second-order valence-corrected chi connectivity index (χ2v) is 12.1. The van der Waals surface area contributed by atoms with Gasteiger partial charge in [-0.2, -0.15) is 0 Å². The molecule has 2 unspecified atom stereocenters. The first kappa shape index (κ1) is 29.0. The Morgan fingerprint density at radius 3 is 2.41 bits per heavy atom. The van der Waals surface area contributed by atoms with Gasteiger partial charge in [0.25, 0.3) is 0 Å². The highest BCUT2D eigenvalue weighted by Crippen LogP contribution is 2.39. The third kappa shape index (κ3) is 6.21. The summed E-state index contributed by atoms with van der Waals surface area (Å²) in [5.74, 6) is 0.896. The molecule has 0 amide bonds. The number of piperidine rings is 1. The van der Waals surface area contributed by atoms with E-state index in [4.69, 9.17) is 18.9 Å². The first-order valence-corrected chi connectivity index (χ1v) is 14.9. The topological polar surface area (TPSA) is 143 Å². The lowest BCUT2D eigenvalue weighted by Gasteiger charge is -2.37. The number of ether oxygens (including phenoxy) is 4. The standard InChI is InChI=1S/C26H34FN7O6S/c1-16(2)40-18-11-19(15-33(14-18)25-28-12-17(27)13-29-25)41(35,36)32-26-31-30-24(22-9-6-10-39-22)34(26)23-20(37-3)7-5-8-21(23)38-4/h5,7-8,12-13,16,18-19,22H,6,9-11,14-15H2,1-4H3,(H,31,32)/t18?,19?,22-/m0/s1. The third-order valence-corrected chi connectivity index (χ3v) is 8.62. The van der Waals surface area contributed by atoms with E-state index in [0.717, 1.165) is 18.8 Å². The zero-order chi connectivity index (χ0) is 29.1. The van der Waals surface area contributed by atoms with Crippen molar-refractivity contribution < 1.29 is 31.8 Å². The number of nitrogens with one attached hydrogen (secondary N) is 1. The van der Waals surface area contributed by atoms with Crippen molar-refractivity contribution in [1.29, 1.82) is 0 Å². The molecular formula is C26H34FN7O6S. The molecule has 1 N–H and O–H groups in total. The fourth-order valence-electron chi connectivity index (χ4n) is 5.18. The molecule has 1 aromatic carbocycles. The Bertz CT molecular complexity index is 1420. The van der Waals surface area contributed by atoms with Crippen LogP contribution in [0.3, 0.4) is 0 Å². The number of nitrogens with zero attached hydrogens (tertiary/aromatic N) is 6. The molecule has 2 fully saturated rings. The van der Waals surface area contributed by atoms with Crippen LogP contribution in [0.2, 0.25) is 0 Å². The summed E-state index contributed by atoms with van der Waals surface area (Å²) in [5.41, 5.74) is 0.441. The summed E-state index contributed by atoms with van der Waals surface area (Å²) in [6, 6.07) is 5.25. The maximum Gasteiger partial charge on any atom is 0.243 e. The summed E-state index contributed by atoms with van der Waals surface area (Å²) in [6.07, 6.45) is 2.89. The van der Waals surface area contributed by atoms with Gasteiger partial charge in [-0.1, -0.05) is 6.07 Å². The summed E-state index contributed by atoms with van der Waals surface area (Å²) in [4.78, 5) is 9.80. The van der Waals surface area contributed by atoms with Crippen molar-refractivity contribution in [2.24, 2.45) is 0 Å². The number of anilines is 2. The lowest BCUT2D eigenvalue weighted by molar-refractivity contribution is 0.00147. The molecule has 15 heteroatoms. The minimum absolute atomic E-state index is 0.0326. The van der Waals surface area contributed by atoms with E-state index in [0.29, 0.717) is 42.6 Å². The molecule has 13 nitrogen and oxygen atoms in total. The Labute approximate surface area is 238 Å². The van der Waals surface area contributed by atoms with Crippen molar-refractivity contribution in [2.75, 3.05) is 43.5 Å². The molecular weight excluding hydrogens is 557 g/mol. The molecule has 2 aliphatic rings. The zero-order valence-corrected chi connectivity index (χ0v) is 24.2. The van der Waals surface area contributed by atoms with Crippen LogP contribution in [-0.4, -0.2) is 84.5 Å². The number of aromatic nitrogens is 5. The molecule has 5 rings (SSSR count). The normalized spacial score (nSPS) is 21.3. The van der Waals surface area contributed by atoms with Crippen molar-refractivity contribution in [3.8, 4) is 17.2 Å². The maximum absolute atomic E-state index is 14.0. The fraction of sp³-hybridized carbons (Fsp3) is 0.538. The van der Waals surface area contributed by atoms with Crippen LogP contribution in [0.15, 0.2) is 30.6 Å². The van der Waals surface area contributed by atoms with Gasteiger partial charge in [-0.3, -0.25) is 9.29 Å². The molecule has 3 atom stereocenters. The van der Waals surface area contributed by atoms with Crippen molar-refractivity contribution in [1.82, 2.24) is 24.7 Å². The molecule has 2 saturated heterocycles. The first-order valence-electron chi connectivity index (χ1n) is 13.4. The second-order valence-electron chi connectivity index (χ2n) is 10.1. The van der Waals surface area contributed by atoms with Crippen LogP contribution in [0.25, 0.3) is 5.69 Å². The highest BCUT2D eigenvalue weighted by Gasteiger charge is 2.39. The lowest BCUT2D eigenvalue weighted by atomic mass is 10.1. The molecule has 0 aliphatic carbocycles. The number of para-hydroxylation sites is 1. The quantitative estimate of drug-likeness (QED) is 0.372. The van der Waals surface area contributed by atoms with Crippen molar-refractivity contribution in [2.45, 2.75) is 56.7 Å². The van der Waals surface area contributed by atoms with E-state index in [1.165, 1.54) is 14.2 Å². The van der Waals surface area contributed by atoms with Crippen molar-refractivity contribution in [3.05, 3.63) is 42.2 Å². The first-order chi connectivity index (χ1) is 19.7. The predicted octanol–water partition coefficient (Wildman–Crippen LogP) is 2.88. The summed E-state index contributed by atoms with van der Waals surface area (Å²) in [5, 5.41) is 7.64. The van der Waals surface area contributed by atoms with Gasteiger partial charge in [0, 0.05) is 19.7 Å². The van der Waals surface area contributed by atoms with Gasteiger partial charge in [-0.25, -0.2) is 22.8 Å². The van der Waals surface area contributed by atoms with Crippen LogP contribution in [-0.2, 0) is 19.5 Å². The highest BCUT2D eigenvalue weighted by molar-refractivity contribution is 7.93. The number of halogens is 1. The molecule has 3 aromatic rings. The summed E-state index contributed by atoms with van der Waals surface area (Å²) in [6.45, 7) is 4.73. The Balaban J connectivity index is 1.52. The number of hydrogen-bond acceptors (Lipinski definition) is 11. The van der Waals surface area contributed by atoms with Gasteiger partial charge < -0.3 is 23.8 Å². The number of sulfonamides is 1. The molecule has 4 heterocycles. The van der Waals surface area contributed by atoms with Crippen LogP contribution in [0, 0.1) is 5.82 Å². The smallest absolute Gasteiger partial charge is 0.243 e. The molecule has 0 radical (unpaired) electrons. The summed E-state index contributed by atoms with van der Waals surface area (Å²) < 4.78 is 68.8. The lowest BCUT2D eigenvalue weighted by Crippen LogP contribution is -2.51. The molecule has 2 aromatic heterocycles. The van der Waals surface area contributed by atoms with E-state index in [9.17, 15) is 12.8 Å². The van der Waals surface area contributed by atoms with Gasteiger partial charge in [-0.05, 0) is 45.2 Å². The van der Waals surface area contributed by atoms with E-state index >= 15 is 0 Å². The molecule has 41 heavy (non-hydrogen) atoms. The highest BCUT2D eigenvalue weighted by atomic mass is 32.2. The van der Waals surface area contributed by atoms with Crippen LogP contribution < -0.4 is 19.1 Å². The van der Waals surface area contributed by atoms with Gasteiger partial charge >= 0.3 is 0 Å². The Morgan fingerprint density at radius 1 is 1.10 bits per heavy atom. The number of hydrogen-bond donors (Lipinski definition) is 1. The summed E-state index contributed by atoms with van der Waals surface area (Å²) >= 11 is 0. The van der Waals surface area contributed by atoms with Gasteiger partial charge in [0.15, 0.2) is 11.6 Å². The molecule has 222 valence electrons. The monoisotopic (exact) mass is 591 g/mol. The van der Waals surface area contributed by atoms with Gasteiger partial charge in [0.2, 0.25) is 21.9 Å². The second kappa shape index (κ2) is 12.1. The molecule has 0 bridgehead atoms. The zero-order valence-electron chi connectivity index (χ0n) is 23.4. The van der Waals surface area contributed by atoms with E-state index in [1.54, 1.807) is 27.7 Å². The number of methoxy groups -OCH3 is 2. The van der Waals surface area contributed by atoms with Crippen LogP contribution in [0.1, 0.15) is 45.0 Å². The van der Waals surface area contributed by atoms with Crippen LogP contribution in [0.4, 0.5) is 16.3 Å². The van der Waals surface area contributed by atoms with E-state index in [2.05, 4.69) is 24.9 Å². The average Bonchev–Trinajstić information content (AvgIpc) is 3.62. The molecule has 2 aliphatic heterocycles. The third-order valence-electron chi connectivity index (χ3n) is 6.93. The van der Waals surface area contributed by atoms with Gasteiger partial charge in [-0.15, -0.1) is 10.2 Å². The number of benzene rings is 1. The summed E-state index contributed by atoms with van der Waals surface area (Å²) in [7, 11) is -1.05. The average molecular weight is 592 g/mol. The van der Waals surface area contributed by atoms with Gasteiger partial charge in [0.1, 0.15) is 28.5 Å². The predicted molar refractivity (Wildman–Crippen MR) is 148 cm³/mol. The Kier molecular flexibility index (Phi) is 8.56. The minimum atomic E-state index is -4.08. The molecule has 0 spiro atoms. The minimum Gasteiger partial charge on any atom is -0.494 e. The maximum atomic E-state index is 14.0. The number of rotatable bonds is 10. The van der Waals surface area contributed by atoms with Crippen LogP contribution in [0.5, 0.6) is 11.5 Å².